The van der Waals surface area contributed by atoms with Gasteiger partial charge in [0, 0.05) is 10.0 Å². The third-order valence-corrected chi connectivity index (χ3v) is 3.20. The summed E-state index contributed by atoms with van der Waals surface area (Å²) in [6.07, 6.45) is 0. The van der Waals surface area contributed by atoms with Crippen molar-refractivity contribution >= 4 is 23.2 Å². The van der Waals surface area contributed by atoms with Crippen molar-refractivity contribution in [2.75, 3.05) is 13.6 Å². The molecule has 5 heteroatoms. The minimum atomic E-state index is 0.184. The van der Waals surface area contributed by atoms with Crippen LogP contribution in [0.2, 0.25) is 10.0 Å². The molecule has 2 aromatic rings. The van der Waals surface area contributed by atoms with Crippen LogP contribution in [-0.2, 0) is 27.4 Å². The highest BCUT2D eigenvalue weighted by Gasteiger charge is 1.96. The highest BCUT2D eigenvalue weighted by Crippen LogP contribution is 2.11. The maximum Gasteiger partial charge on any atom is 0.150 e. The SMILES string of the molecule is Clc1ccc(COCOCOCc2ccc(Cl)cc2)cc1. The molecule has 0 unspecified atom stereocenters. The molecule has 2 aromatic carbocycles. The van der Waals surface area contributed by atoms with Gasteiger partial charge < -0.3 is 14.2 Å². The van der Waals surface area contributed by atoms with Gasteiger partial charge in [-0.2, -0.15) is 0 Å². The fourth-order valence-electron chi connectivity index (χ4n) is 1.63. The van der Waals surface area contributed by atoms with Crippen molar-refractivity contribution in [3.63, 3.8) is 0 Å². The van der Waals surface area contributed by atoms with E-state index in [9.17, 15) is 0 Å². The van der Waals surface area contributed by atoms with Crippen molar-refractivity contribution in [2.24, 2.45) is 0 Å². The average molecular weight is 327 g/mol. The van der Waals surface area contributed by atoms with E-state index in [2.05, 4.69) is 0 Å². The van der Waals surface area contributed by atoms with E-state index in [-0.39, 0.29) is 13.6 Å². The molecule has 0 N–H and O–H groups in total. The summed E-state index contributed by atoms with van der Waals surface area (Å²) in [4.78, 5) is 0. The minimum absolute atomic E-state index is 0.184. The van der Waals surface area contributed by atoms with Gasteiger partial charge in [0.1, 0.15) is 13.6 Å². The topological polar surface area (TPSA) is 27.7 Å². The van der Waals surface area contributed by atoms with Crippen LogP contribution in [0.1, 0.15) is 11.1 Å². The number of benzene rings is 2. The minimum Gasteiger partial charge on any atom is -0.351 e. The molecule has 3 nitrogen and oxygen atoms in total. The van der Waals surface area contributed by atoms with Crippen LogP contribution >= 0.6 is 23.2 Å². The standard InChI is InChI=1S/C16H16Cl2O3/c17-15-5-1-13(2-6-15)9-19-11-21-12-20-10-14-3-7-16(18)8-4-14/h1-8H,9-12H2. The van der Waals surface area contributed by atoms with Crippen molar-refractivity contribution in [1.29, 1.82) is 0 Å². The van der Waals surface area contributed by atoms with Crippen molar-refractivity contribution in [3.8, 4) is 0 Å². The van der Waals surface area contributed by atoms with Crippen LogP contribution in [0, 0.1) is 0 Å². The van der Waals surface area contributed by atoms with Crippen LogP contribution in [0.3, 0.4) is 0 Å². The lowest BCUT2D eigenvalue weighted by Crippen LogP contribution is -2.04. The number of rotatable bonds is 8. The van der Waals surface area contributed by atoms with E-state index in [1.165, 1.54) is 0 Å². The molecule has 0 amide bonds. The highest BCUT2D eigenvalue weighted by molar-refractivity contribution is 6.30. The summed E-state index contributed by atoms with van der Waals surface area (Å²) in [6, 6.07) is 15.0. The first-order valence-corrected chi connectivity index (χ1v) is 7.22. The third kappa shape index (κ3) is 6.46. The zero-order valence-corrected chi connectivity index (χ0v) is 12.9. The maximum atomic E-state index is 5.80. The molecule has 2 rings (SSSR count). The Kier molecular flexibility index (Phi) is 7.00. The molecule has 0 aliphatic heterocycles. The Morgan fingerprint density at radius 3 is 1.33 bits per heavy atom. The van der Waals surface area contributed by atoms with Gasteiger partial charge in [-0.3, -0.25) is 0 Å². The highest BCUT2D eigenvalue weighted by atomic mass is 35.5. The lowest BCUT2D eigenvalue weighted by Gasteiger charge is -2.07. The van der Waals surface area contributed by atoms with Crippen LogP contribution in [0.15, 0.2) is 48.5 Å². The molecule has 0 aliphatic rings. The Labute approximate surface area is 134 Å². The van der Waals surface area contributed by atoms with Crippen LogP contribution in [-0.4, -0.2) is 13.6 Å². The van der Waals surface area contributed by atoms with Gasteiger partial charge in [0.2, 0.25) is 0 Å². The molecule has 0 aliphatic carbocycles. The van der Waals surface area contributed by atoms with Gasteiger partial charge in [0.05, 0.1) is 13.2 Å². The molecule has 0 saturated heterocycles. The molecule has 21 heavy (non-hydrogen) atoms. The van der Waals surface area contributed by atoms with E-state index in [4.69, 9.17) is 37.4 Å². The van der Waals surface area contributed by atoms with Crippen molar-refractivity contribution in [1.82, 2.24) is 0 Å². The molecule has 0 atom stereocenters. The maximum absolute atomic E-state index is 5.80. The first-order chi connectivity index (χ1) is 10.2. The summed E-state index contributed by atoms with van der Waals surface area (Å²) in [5.74, 6) is 0. The predicted molar refractivity (Wildman–Crippen MR) is 83.3 cm³/mol. The van der Waals surface area contributed by atoms with E-state index in [1.807, 2.05) is 48.5 Å². The van der Waals surface area contributed by atoms with Gasteiger partial charge in [-0.25, -0.2) is 0 Å². The second-order valence-electron chi connectivity index (χ2n) is 4.39. The van der Waals surface area contributed by atoms with Gasteiger partial charge in [-0.15, -0.1) is 0 Å². The molecule has 0 saturated carbocycles. The quantitative estimate of drug-likeness (QED) is 0.521. The van der Waals surface area contributed by atoms with Crippen LogP contribution in [0.25, 0.3) is 0 Å². The molecule has 0 radical (unpaired) electrons. The first kappa shape index (κ1) is 16.3. The molecular weight excluding hydrogens is 311 g/mol. The molecule has 0 bridgehead atoms. The third-order valence-electron chi connectivity index (χ3n) is 2.70. The number of hydrogen-bond acceptors (Lipinski definition) is 3. The van der Waals surface area contributed by atoms with E-state index in [0.29, 0.717) is 23.3 Å². The van der Waals surface area contributed by atoms with Crippen molar-refractivity contribution < 1.29 is 14.2 Å². The second-order valence-corrected chi connectivity index (χ2v) is 5.26. The Morgan fingerprint density at radius 2 is 0.952 bits per heavy atom. The Balaban J connectivity index is 1.52. The molecule has 0 fully saturated rings. The van der Waals surface area contributed by atoms with Gasteiger partial charge in [-0.05, 0) is 35.4 Å². The van der Waals surface area contributed by atoms with Crippen LogP contribution in [0.4, 0.5) is 0 Å². The number of halogens is 2. The smallest absolute Gasteiger partial charge is 0.150 e. The van der Waals surface area contributed by atoms with Crippen molar-refractivity contribution in [2.45, 2.75) is 13.2 Å². The summed E-state index contributed by atoms with van der Waals surface area (Å²) in [6.45, 7) is 1.33. The van der Waals surface area contributed by atoms with Gasteiger partial charge in [-0.1, -0.05) is 47.5 Å². The Hall–Kier alpha value is -1.10. The van der Waals surface area contributed by atoms with Gasteiger partial charge >= 0.3 is 0 Å². The van der Waals surface area contributed by atoms with Crippen LogP contribution in [0.5, 0.6) is 0 Å². The normalized spacial score (nSPS) is 10.8. The largest absolute Gasteiger partial charge is 0.351 e. The Bertz CT molecular complexity index is 477. The zero-order valence-electron chi connectivity index (χ0n) is 11.4. The predicted octanol–water partition coefficient (Wildman–Crippen LogP) is 4.66. The monoisotopic (exact) mass is 326 g/mol. The van der Waals surface area contributed by atoms with Gasteiger partial charge in [0.25, 0.3) is 0 Å². The fourth-order valence-corrected chi connectivity index (χ4v) is 1.88. The summed E-state index contributed by atoms with van der Waals surface area (Å²) < 4.78 is 16.0. The summed E-state index contributed by atoms with van der Waals surface area (Å²) in [5.41, 5.74) is 2.09. The first-order valence-electron chi connectivity index (χ1n) is 6.46. The number of hydrogen-bond donors (Lipinski definition) is 0. The van der Waals surface area contributed by atoms with Gasteiger partial charge in [0.15, 0.2) is 0 Å². The number of ether oxygens (including phenoxy) is 3. The second kappa shape index (κ2) is 9.03. The van der Waals surface area contributed by atoms with E-state index >= 15 is 0 Å². The van der Waals surface area contributed by atoms with E-state index in [0.717, 1.165) is 11.1 Å². The Morgan fingerprint density at radius 1 is 0.571 bits per heavy atom. The summed E-state index contributed by atoms with van der Waals surface area (Å²) >= 11 is 11.6. The van der Waals surface area contributed by atoms with Crippen LogP contribution < -0.4 is 0 Å². The molecule has 0 spiro atoms. The van der Waals surface area contributed by atoms with E-state index in [1.54, 1.807) is 0 Å². The average Bonchev–Trinajstić information content (AvgIpc) is 2.50. The fraction of sp³-hybridized carbons (Fsp3) is 0.250. The molecule has 0 heterocycles. The van der Waals surface area contributed by atoms with E-state index < -0.39 is 0 Å². The lowest BCUT2D eigenvalue weighted by atomic mass is 10.2. The van der Waals surface area contributed by atoms with Crippen molar-refractivity contribution in [3.05, 3.63) is 69.7 Å². The lowest BCUT2D eigenvalue weighted by molar-refractivity contribution is -0.139. The zero-order chi connectivity index (χ0) is 14.9. The summed E-state index contributed by atoms with van der Waals surface area (Å²) in [7, 11) is 0. The molecule has 0 aromatic heterocycles. The molecule has 112 valence electrons. The molecular formula is C16H16Cl2O3. The summed E-state index contributed by atoms with van der Waals surface area (Å²) in [5, 5.41) is 1.43.